The largest absolute Gasteiger partial charge is 0.480 e. The van der Waals surface area contributed by atoms with Crippen LogP contribution in [0, 0.1) is 0 Å². The molecule has 0 aliphatic carbocycles. The standard InChI is InChI=1S/C14H13ClN2O3S2/c15-11-4-3-10(22-11)13-16-8(7-21-13)6-12(18)17-5-1-2-9(17)14(19)20/h3-4,7,9H,1-2,5-6H2,(H,19,20)/t9-/m1/s1. The molecular formula is C14H13ClN2O3S2. The Morgan fingerprint density at radius 2 is 2.27 bits per heavy atom. The smallest absolute Gasteiger partial charge is 0.326 e. The van der Waals surface area contributed by atoms with Crippen LogP contribution in [0.5, 0.6) is 0 Å². The zero-order chi connectivity index (χ0) is 15.7. The van der Waals surface area contributed by atoms with Crippen LogP contribution >= 0.6 is 34.3 Å². The van der Waals surface area contributed by atoms with E-state index in [1.165, 1.54) is 27.6 Å². The lowest BCUT2D eigenvalue weighted by Crippen LogP contribution is -2.41. The first kappa shape index (κ1) is 15.5. The monoisotopic (exact) mass is 356 g/mol. The Morgan fingerprint density at radius 3 is 2.95 bits per heavy atom. The van der Waals surface area contributed by atoms with Crippen LogP contribution in [-0.2, 0) is 16.0 Å². The maximum Gasteiger partial charge on any atom is 0.326 e. The van der Waals surface area contributed by atoms with Crippen molar-refractivity contribution in [1.29, 1.82) is 0 Å². The molecule has 2 aromatic heterocycles. The number of thiazole rings is 1. The number of hydrogen-bond acceptors (Lipinski definition) is 5. The average Bonchev–Trinajstić information content (AvgIpc) is 3.16. The lowest BCUT2D eigenvalue weighted by Gasteiger charge is -2.20. The maximum atomic E-state index is 12.3. The highest BCUT2D eigenvalue weighted by atomic mass is 35.5. The van der Waals surface area contributed by atoms with Crippen LogP contribution in [-0.4, -0.2) is 39.5 Å². The Bertz CT molecular complexity index is 713. The number of aromatic nitrogens is 1. The van der Waals surface area contributed by atoms with Crippen LogP contribution in [0.4, 0.5) is 0 Å². The molecule has 1 atom stereocenters. The van der Waals surface area contributed by atoms with Gasteiger partial charge in [0, 0.05) is 11.9 Å². The zero-order valence-electron chi connectivity index (χ0n) is 11.5. The van der Waals surface area contributed by atoms with Gasteiger partial charge < -0.3 is 10.0 Å². The Hall–Kier alpha value is -1.44. The molecule has 0 bridgehead atoms. The molecule has 1 N–H and O–H groups in total. The first-order chi connectivity index (χ1) is 10.5. The molecule has 3 heterocycles. The summed E-state index contributed by atoms with van der Waals surface area (Å²) >= 11 is 8.82. The zero-order valence-corrected chi connectivity index (χ0v) is 13.9. The minimum absolute atomic E-state index is 0.138. The third-order valence-electron chi connectivity index (χ3n) is 3.53. The molecule has 5 nitrogen and oxygen atoms in total. The number of carboxylic acids is 1. The number of aliphatic carboxylic acids is 1. The summed E-state index contributed by atoms with van der Waals surface area (Å²) in [6.07, 6.45) is 1.40. The molecule has 0 spiro atoms. The highest BCUT2D eigenvalue weighted by Crippen LogP contribution is 2.33. The molecule has 1 fully saturated rings. The van der Waals surface area contributed by atoms with E-state index in [4.69, 9.17) is 16.7 Å². The van der Waals surface area contributed by atoms with Crippen molar-refractivity contribution in [1.82, 2.24) is 9.88 Å². The van der Waals surface area contributed by atoms with Crippen molar-refractivity contribution in [2.24, 2.45) is 0 Å². The second-order valence-electron chi connectivity index (χ2n) is 5.01. The summed E-state index contributed by atoms with van der Waals surface area (Å²) < 4.78 is 0.698. The number of likely N-dealkylation sites (tertiary alicyclic amines) is 1. The van der Waals surface area contributed by atoms with Gasteiger partial charge in [-0.05, 0) is 25.0 Å². The van der Waals surface area contributed by atoms with Gasteiger partial charge >= 0.3 is 5.97 Å². The molecule has 1 saturated heterocycles. The van der Waals surface area contributed by atoms with Crippen LogP contribution in [0.3, 0.4) is 0 Å². The van der Waals surface area contributed by atoms with Crippen molar-refractivity contribution in [2.45, 2.75) is 25.3 Å². The summed E-state index contributed by atoms with van der Waals surface area (Å²) in [5.74, 6) is -1.11. The number of carbonyl (C=O) groups excluding carboxylic acids is 1. The summed E-state index contributed by atoms with van der Waals surface area (Å²) in [4.78, 5) is 30.3. The fourth-order valence-corrected chi connectivity index (χ4v) is 4.44. The molecular weight excluding hydrogens is 344 g/mol. The van der Waals surface area contributed by atoms with E-state index in [1.807, 2.05) is 17.5 Å². The summed E-state index contributed by atoms with van der Waals surface area (Å²) in [6, 6.07) is 3.02. The van der Waals surface area contributed by atoms with Gasteiger partial charge in [0.15, 0.2) is 0 Å². The number of nitrogens with zero attached hydrogens (tertiary/aromatic N) is 2. The van der Waals surface area contributed by atoms with E-state index < -0.39 is 12.0 Å². The molecule has 1 aliphatic rings. The van der Waals surface area contributed by atoms with Crippen molar-refractivity contribution in [3.05, 3.63) is 27.5 Å². The number of carboxylic acid groups (broad SMARTS) is 1. The molecule has 1 aliphatic heterocycles. The number of thiophene rings is 1. The minimum Gasteiger partial charge on any atom is -0.480 e. The molecule has 0 unspecified atom stereocenters. The van der Waals surface area contributed by atoms with Crippen LogP contribution in [0.15, 0.2) is 17.5 Å². The van der Waals surface area contributed by atoms with Gasteiger partial charge in [-0.15, -0.1) is 22.7 Å². The highest BCUT2D eigenvalue weighted by Gasteiger charge is 2.33. The average molecular weight is 357 g/mol. The molecule has 0 aromatic carbocycles. The Balaban J connectivity index is 1.70. The summed E-state index contributed by atoms with van der Waals surface area (Å²) in [6.45, 7) is 0.507. The van der Waals surface area contributed by atoms with Crippen LogP contribution in [0.1, 0.15) is 18.5 Å². The lowest BCUT2D eigenvalue weighted by molar-refractivity contribution is -0.148. The van der Waals surface area contributed by atoms with Crippen molar-refractivity contribution >= 4 is 46.2 Å². The second kappa shape index (κ2) is 6.36. The van der Waals surface area contributed by atoms with Gasteiger partial charge in [-0.2, -0.15) is 0 Å². The summed E-state index contributed by atoms with van der Waals surface area (Å²) in [7, 11) is 0. The van der Waals surface area contributed by atoms with Crippen LogP contribution in [0.25, 0.3) is 9.88 Å². The third kappa shape index (κ3) is 3.16. The van der Waals surface area contributed by atoms with Gasteiger partial charge in [0.1, 0.15) is 11.0 Å². The first-order valence-electron chi connectivity index (χ1n) is 6.77. The third-order valence-corrected chi connectivity index (χ3v) is 5.82. The SMILES string of the molecule is O=C(O)[C@H]1CCCN1C(=O)Cc1csc(-c2ccc(Cl)s2)n1. The molecule has 0 radical (unpaired) electrons. The fraction of sp³-hybridized carbons (Fsp3) is 0.357. The second-order valence-corrected chi connectivity index (χ2v) is 7.58. The van der Waals surface area contributed by atoms with E-state index >= 15 is 0 Å². The first-order valence-corrected chi connectivity index (χ1v) is 8.84. The predicted molar refractivity (Wildman–Crippen MR) is 86.5 cm³/mol. The van der Waals surface area contributed by atoms with Crippen molar-refractivity contribution < 1.29 is 14.7 Å². The molecule has 8 heteroatoms. The molecule has 22 heavy (non-hydrogen) atoms. The Kier molecular flexibility index (Phi) is 4.46. The van der Waals surface area contributed by atoms with Gasteiger partial charge in [-0.25, -0.2) is 9.78 Å². The lowest BCUT2D eigenvalue weighted by atomic mass is 10.2. The van der Waals surface area contributed by atoms with Gasteiger partial charge in [0.25, 0.3) is 0 Å². The van der Waals surface area contributed by atoms with E-state index in [-0.39, 0.29) is 12.3 Å². The maximum absolute atomic E-state index is 12.3. The van der Waals surface area contributed by atoms with Crippen molar-refractivity contribution in [3.8, 4) is 9.88 Å². The Labute approximate surface area is 140 Å². The quantitative estimate of drug-likeness (QED) is 0.913. The summed E-state index contributed by atoms with van der Waals surface area (Å²) in [5.41, 5.74) is 0.672. The predicted octanol–water partition coefficient (Wildman–Crippen LogP) is 3.14. The number of halogens is 1. The number of carbonyl (C=O) groups is 2. The molecule has 0 saturated carbocycles. The molecule has 1 amide bonds. The molecule has 116 valence electrons. The van der Waals surface area contributed by atoms with Gasteiger partial charge in [-0.3, -0.25) is 4.79 Å². The number of rotatable bonds is 4. The van der Waals surface area contributed by atoms with Gasteiger partial charge in [0.05, 0.1) is 21.3 Å². The number of amides is 1. The van der Waals surface area contributed by atoms with Gasteiger partial charge in [0.2, 0.25) is 5.91 Å². The van der Waals surface area contributed by atoms with Gasteiger partial charge in [-0.1, -0.05) is 11.6 Å². The van der Waals surface area contributed by atoms with E-state index in [0.717, 1.165) is 16.3 Å². The van der Waals surface area contributed by atoms with Crippen molar-refractivity contribution in [3.63, 3.8) is 0 Å². The van der Waals surface area contributed by atoms with E-state index in [1.54, 1.807) is 0 Å². The molecule has 3 rings (SSSR count). The highest BCUT2D eigenvalue weighted by molar-refractivity contribution is 7.23. The van der Waals surface area contributed by atoms with E-state index in [2.05, 4.69) is 4.98 Å². The summed E-state index contributed by atoms with van der Waals surface area (Å²) in [5, 5.41) is 11.8. The van der Waals surface area contributed by atoms with Crippen LogP contribution < -0.4 is 0 Å². The van der Waals surface area contributed by atoms with Crippen molar-refractivity contribution in [2.75, 3.05) is 6.54 Å². The van der Waals surface area contributed by atoms with E-state index in [0.29, 0.717) is 23.0 Å². The molecule has 2 aromatic rings. The van der Waals surface area contributed by atoms with Crippen LogP contribution in [0.2, 0.25) is 4.34 Å². The fourth-order valence-electron chi connectivity index (χ4n) is 2.51. The topological polar surface area (TPSA) is 70.5 Å². The normalized spacial score (nSPS) is 17.9. The Morgan fingerprint density at radius 1 is 1.45 bits per heavy atom. The minimum atomic E-state index is -0.932. The number of hydrogen-bond donors (Lipinski definition) is 1. The van der Waals surface area contributed by atoms with E-state index in [9.17, 15) is 9.59 Å².